The summed E-state index contributed by atoms with van der Waals surface area (Å²) < 4.78 is 5.49. The molecule has 4 rings (SSSR count). The molecule has 1 aromatic heterocycles. The number of nitrogens with one attached hydrogen (secondary N) is 1. The molecule has 1 saturated carbocycles. The first-order valence-corrected chi connectivity index (χ1v) is 8.78. The largest absolute Gasteiger partial charge is 0.495 e. The fraction of sp³-hybridized carbons (Fsp3) is 0.474. The number of hydrogen-bond donors (Lipinski definition) is 1. The normalized spacial score (nSPS) is 20.2. The van der Waals surface area contributed by atoms with Crippen LogP contribution in [0.2, 0.25) is 0 Å². The number of methoxy groups -OCH3 is 1. The quantitative estimate of drug-likeness (QED) is 0.883. The Bertz CT molecular complexity index is 701. The van der Waals surface area contributed by atoms with Gasteiger partial charge in [-0.2, -0.15) is 0 Å². The van der Waals surface area contributed by atoms with Crippen molar-refractivity contribution in [1.29, 1.82) is 0 Å². The maximum absolute atomic E-state index is 5.49. The van der Waals surface area contributed by atoms with Gasteiger partial charge < -0.3 is 15.0 Å². The highest BCUT2D eigenvalue weighted by Crippen LogP contribution is 2.38. The summed E-state index contributed by atoms with van der Waals surface area (Å²) in [5, 5.41) is 3.50. The van der Waals surface area contributed by atoms with Crippen LogP contribution < -0.4 is 15.0 Å². The summed E-state index contributed by atoms with van der Waals surface area (Å²) >= 11 is 0. The van der Waals surface area contributed by atoms with Crippen molar-refractivity contribution in [2.45, 2.75) is 25.2 Å². The van der Waals surface area contributed by atoms with E-state index < -0.39 is 0 Å². The first-order chi connectivity index (χ1) is 11.8. The van der Waals surface area contributed by atoms with E-state index in [-0.39, 0.29) is 0 Å². The molecule has 24 heavy (non-hydrogen) atoms. The van der Waals surface area contributed by atoms with Crippen molar-refractivity contribution in [2.75, 3.05) is 37.0 Å². The van der Waals surface area contributed by atoms with E-state index in [0.29, 0.717) is 11.8 Å². The summed E-state index contributed by atoms with van der Waals surface area (Å²) in [6, 6.07) is 10.2. The van der Waals surface area contributed by atoms with Crippen LogP contribution in [0.4, 0.5) is 11.5 Å². The number of aromatic nitrogens is 2. The van der Waals surface area contributed by atoms with Gasteiger partial charge >= 0.3 is 0 Å². The van der Waals surface area contributed by atoms with Crippen LogP contribution >= 0.6 is 0 Å². The lowest BCUT2D eigenvalue weighted by molar-refractivity contribution is 0.414. The van der Waals surface area contributed by atoms with Crippen molar-refractivity contribution in [3.8, 4) is 5.75 Å². The van der Waals surface area contributed by atoms with Gasteiger partial charge in [0.2, 0.25) is 0 Å². The molecule has 1 unspecified atom stereocenters. The van der Waals surface area contributed by atoms with Gasteiger partial charge in [-0.15, -0.1) is 0 Å². The zero-order valence-corrected chi connectivity index (χ0v) is 14.1. The SMILES string of the molecule is COc1ccccc1N1CCC(CNc2ccnc(C3CC3)n2)C1. The predicted molar refractivity (Wildman–Crippen MR) is 95.8 cm³/mol. The highest BCUT2D eigenvalue weighted by atomic mass is 16.5. The standard InChI is InChI=1S/C19H24N4O/c1-24-17-5-3-2-4-16(17)23-11-9-14(13-23)12-21-18-8-10-20-19(22-18)15-6-7-15/h2-5,8,10,14-15H,6-7,9,11-13H2,1H3,(H,20,21,22). The Morgan fingerprint density at radius 3 is 2.92 bits per heavy atom. The van der Waals surface area contributed by atoms with Crippen molar-refractivity contribution in [2.24, 2.45) is 5.92 Å². The second-order valence-corrected chi connectivity index (χ2v) is 6.73. The monoisotopic (exact) mass is 324 g/mol. The van der Waals surface area contributed by atoms with Gasteiger partial charge in [-0.25, -0.2) is 9.97 Å². The molecule has 1 aromatic carbocycles. The number of nitrogens with zero attached hydrogens (tertiary/aromatic N) is 3. The summed E-state index contributed by atoms with van der Waals surface area (Å²) in [4.78, 5) is 11.4. The zero-order chi connectivity index (χ0) is 16.4. The smallest absolute Gasteiger partial charge is 0.142 e. The van der Waals surface area contributed by atoms with Gasteiger partial charge in [-0.3, -0.25) is 0 Å². The van der Waals surface area contributed by atoms with E-state index in [1.165, 1.54) is 24.9 Å². The molecule has 1 N–H and O–H groups in total. The number of rotatable bonds is 6. The van der Waals surface area contributed by atoms with Crippen LogP contribution in [0.15, 0.2) is 36.5 Å². The molecule has 126 valence electrons. The minimum Gasteiger partial charge on any atom is -0.495 e. The van der Waals surface area contributed by atoms with Gasteiger partial charge in [-0.1, -0.05) is 12.1 Å². The van der Waals surface area contributed by atoms with Crippen molar-refractivity contribution in [1.82, 2.24) is 9.97 Å². The Balaban J connectivity index is 1.35. The van der Waals surface area contributed by atoms with E-state index >= 15 is 0 Å². The van der Waals surface area contributed by atoms with E-state index in [2.05, 4.69) is 32.3 Å². The molecule has 1 saturated heterocycles. The Kier molecular flexibility index (Phi) is 4.24. The summed E-state index contributed by atoms with van der Waals surface area (Å²) in [5.74, 6) is 4.13. The molecule has 1 atom stereocenters. The van der Waals surface area contributed by atoms with E-state index in [1.807, 2.05) is 24.4 Å². The number of hydrogen-bond acceptors (Lipinski definition) is 5. The summed E-state index contributed by atoms with van der Waals surface area (Å²) in [5.41, 5.74) is 1.19. The number of ether oxygens (including phenoxy) is 1. The van der Waals surface area contributed by atoms with Gasteiger partial charge in [0.1, 0.15) is 17.4 Å². The van der Waals surface area contributed by atoms with Crippen LogP contribution in [-0.2, 0) is 0 Å². The van der Waals surface area contributed by atoms with Crippen molar-refractivity contribution in [3.63, 3.8) is 0 Å². The Labute approximate surface area is 143 Å². The number of para-hydroxylation sites is 2. The lowest BCUT2D eigenvalue weighted by Crippen LogP contribution is -2.23. The van der Waals surface area contributed by atoms with E-state index in [4.69, 9.17) is 4.74 Å². The highest BCUT2D eigenvalue weighted by molar-refractivity contribution is 5.59. The number of benzene rings is 1. The van der Waals surface area contributed by atoms with Crippen LogP contribution in [0.5, 0.6) is 5.75 Å². The van der Waals surface area contributed by atoms with Gasteiger partial charge in [0.05, 0.1) is 12.8 Å². The highest BCUT2D eigenvalue weighted by Gasteiger charge is 2.27. The topological polar surface area (TPSA) is 50.3 Å². The average molecular weight is 324 g/mol. The first-order valence-electron chi connectivity index (χ1n) is 8.78. The Morgan fingerprint density at radius 2 is 2.08 bits per heavy atom. The van der Waals surface area contributed by atoms with Gasteiger partial charge in [0.25, 0.3) is 0 Å². The lowest BCUT2D eigenvalue weighted by Gasteiger charge is -2.21. The zero-order valence-electron chi connectivity index (χ0n) is 14.1. The fourth-order valence-electron chi connectivity index (χ4n) is 3.37. The minimum absolute atomic E-state index is 0.597. The maximum Gasteiger partial charge on any atom is 0.142 e. The third kappa shape index (κ3) is 3.30. The molecule has 5 nitrogen and oxygen atoms in total. The molecule has 0 amide bonds. The van der Waals surface area contributed by atoms with Crippen molar-refractivity contribution in [3.05, 3.63) is 42.4 Å². The molecular weight excluding hydrogens is 300 g/mol. The molecule has 0 spiro atoms. The summed E-state index contributed by atoms with van der Waals surface area (Å²) in [6.45, 7) is 3.07. The first kappa shape index (κ1) is 15.2. The van der Waals surface area contributed by atoms with E-state index in [1.54, 1.807) is 7.11 Å². The van der Waals surface area contributed by atoms with Gasteiger partial charge in [0.15, 0.2) is 0 Å². The molecule has 2 aromatic rings. The van der Waals surface area contributed by atoms with Crippen LogP contribution in [0.1, 0.15) is 31.0 Å². The molecule has 2 aliphatic rings. The molecule has 5 heteroatoms. The average Bonchev–Trinajstić information content (AvgIpc) is 3.38. The van der Waals surface area contributed by atoms with Crippen LogP contribution in [-0.4, -0.2) is 36.7 Å². The number of anilines is 2. The molecule has 2 heterocycles. The minimum atomic E-state index is 0.597. The van der Waals surface area contributed by atoms with Crippen molar-refractivity contribution >= 4 is 11.5 Å². The molecular formula is C19H24N4O. The van der Waals surface area contributed by atoms with Crippen LogP contribution in [0.3, 0.4) is 0 Å². The van der Waals surface area contributed by atoms with Crippen molar-refractivity contribution < 1.29 is 4.74 Å². The molecule has 1 aliphatic carbocycles. The second kappa shape index (κ2) is 6.67. The molecule has 2 fully saturated rings. The fourth-order valence-corrected chi connectivity index (χ4v) is 3.37. The Morgan fingerprint density at radius 1 is 1.21 bits per heavy atom. The summed E-state index contributed by atoms with van der Waals surface area (Å²) in [6.07, 6.45) is 5.53. The van der Waals surface area contributed by atoms with E-state index in [0.717, 1.165) is 37.0 Å². The second-order valence-electron chi connectivity index (χ2n) is 6.73. The third-order valence-corrected chi connectivity index (χ3v) is 4.90. The van der Waals surface area contributed by atoms with Gasteiger partial charge in [-0.05, 0) is 43.4 Å². The van der Waals surface area contributed by atoms with E-state index in [9.17, 15) is 0 Å². The predicted octanol–water partition coefficient (Wildman–Crippen LogP) is 3.30. The summed E-state index contributed by atoms with van der Waals surface area (Å²) in [7, 11) is 1.74. The third-order valence-electron chi connectivity index (χ3n) is 4.90. The Hall–Kier alpha value is -2.30. The molecule has 0 radical (unpaired) electrons. The lowest BCUT2D eigenvalue weighted by atomic mass is 10.1. The molecule has 0 bridgehead atoms. The molecule has 1 aliphatic heterocycles. The van der Waals surface area contributed by atoms with Gasteiger partial charge in [0, 0.05) is 31.7 Å². The maximum atomic E-state index is 5.49. The van der Waals surface area contributed by atoms with Crippen LogP contribution in [0, 0.1) is 5.92 Å². The van der Waals surface area contributed by atoms with Crippen LogP contribution in [0.25, 0.3) is 0 Å².